The Morgan fingerprint density at radius 3 is 2.45 bits per heavy atom. The molecule has 2 aliphatic carbocycles. The van der Waals surface area contributed by atoms with E-state index >= 15 is 0 Å². The lowest BCUT2D eigenvalue weighted by Crippen LogP contribution is -2.15. The van der Waals surface area contributed by atoms with Crippen molar-refractivity contribution in [3.8, 4) is 0 Å². The van der Waals surface area contributed by atoms with Gasteiger partial charge in [0.05, 0.1) is 0 Å². The Morgan fingerprint density at radius 1 is 1.18 bits per heavy atom. The fraction of sp³-hybridized carbons (Fsp3) is 0.556. The minimum atomic E-state index is -1.42. The van der Waals surface area contributed by atoms with Crippen molar-refractivity contribution in [2.75, 3.05) is 0 Å². The minimum absolute atomic E-state index is 0.525. The van der Waals surface area contributed by atoms with Gasteiger partial charge in [-0.15, -0.1) is 0 Å². The van der Waals surface area contributed by atoms with Crippen molar-refractivity contribution in [2.24, 2.45) is 5.92 Å². The summed E-state index contributed by atoms with van der Waals surface area (Å²) in [5.74, 6) is 0.525. The van der Waals surface area contributed by atoms with Crippen LogP contribution in [0.4, 0.5) is 8.78 Å². The predicted molar refractivity (Wildman–Crippen MR) is 39.7 cm³/mol. The summed E-state index contributed by atoms with van der Waals surface area (Å²) in [5.41, 5.74) is 0.992. The third-order valence-corrected chi connectivity index (χ3v) is 2.18. The summed E-state index contributed by atoms with van der Waals surface area (Å²) in [6.45, 7) is 0. The van der Waals surface area contributed by atoms with Crippen LogP contribution in [0.15, 0.2) is 23.8 Å². The predicted octanol–water partition coefficient (Wildman–Crippen LogP) is 2.57. The second-order valence-corrected chi connectivity index (χ2v) is 3.19. The Bertz CT molecular complexity index is 214. The molecule has 0 radical (unpaired) electrons. The molecule has 0 saturated heterocycles. The van der Waals surface area contributed by atoms with E-state index in [2.05, 4.69) is 0 Å². The highest BCUT2D eigenvalue weighted by Gasteiger charge is 2.29. The van der Waals surface area contributed by atoms with Gasteiger partial charge in [0.2, 0.25) is 0 Å². The molecule has 0 amide bonds. The van der Waals surface area contributed by atoms with E-state index < -0.39 is 12.3 Å². The smallest absolute Gasteiger partial charge is 0.154 e. The maximum absolute atomic E-state index is 12.7. The average molecular weight is 156 g/mol. The topological polar surface area (TPSA) is 0 Å². The van der Waals surface area contributed by atoms with Crippen LogP contribution in [0.25, 0.3) is 0 Å². The van der Waals surface area contributed by atoms with E-state index in [0.29, 0.717) is 5.92 Å². The van der Waals surface area contributed by atoms with E-state index in [1.807, 2.05) is 0 Å². The van der Waals surface area contributed by atoms with E-state index in [-0.39, 0.29) is 0 Å². The monoisotopic (exact) mass is 156 g/mol. The SMILES string of the molecule is FC1C=CC(C2CC2)=CC1F. The summed E-state index contributed by atoms with van der Waals surface area (Å²) in [7, 11) is 0. The summed E-state index contributed by atoms with van der Waals surface area (Å²) in [5, 5.41) is 0. The molecule has 2 rings (SSSR count). The molecule has 2 aliphatic rings. The zero-order valence-corrected chi connectivity index (χ0v) is 6.13. The van der Waals surface area contributed by atoms with Gasteiger partial charge in [0.15, 0.2) is 12.3 Å². The lowest BCUT2D eigenvalue weighted by atomic mass is 10.0. The second-order valence-electron chi connectivity index (χ2n) is 3.19. The van der Waals surface area contributed by atoms with E-state index in [4.69, 9.17) is 0 Å². The Morgan fingerprint density at radius 2 is 1.91 bits per heavy atom. The van der Waals surface area contributed by atoms with Gasteiger partial charge in [-0.05, 0) is 36.5 Å². The molecule has 0 heterocycles. The zero-order chi connectivity index (χ0) is 7.84. The van der Waals surface area contributed by atoms with Crippen molar-refractivity contribution in [1.82, 2.24) is 0 Å². The normalized spacial score (nSPS) is 37.1. The number of halogens is 2. The summed E-state index contributed by atoms with van der Waals surface area (Å²) < 4.78 is 25.2. The summed E-state index contributed by atoms with van der Waals surface area (Å²) in [4.78, 5) is 0. The quantitative estimate of drug-likeness (QED) is 0.547. The van der Waals surface area contributed by atoms with Gasteiger partial charge in [0.1, 0.15) is 0 Å². The number of hydrogen-bond donors (Lipinski definition) is 0. The maximum Gasteiger partial charge on any atom is 0.154 e. The van der Waals surface area contributed by atoms with Crippen molar-refractivity contribution in [2.45, 2.75) is 25.2 Å². The first-order chi connectivity index (χ1) is 5.27. The molecule has 0 nitrogen and oxygen atoms in total. The molecule has 0 aromatic carbocycles. The number of hydrogen-bond acceptors (Lipinski definition) is 0. The Kier molecular flexibility index (Phi) is 1.55. The highest BCUT2D eigenvalue weighted by Crippen LogP contribution is 2.39. The standard InChI is InChI=1S/C9H10F2/c10-8-4-3-7(5-9(8)11)6-1-2-6/h3-6,8-9H,1-2H2. The molecular weight excluding hydrogens is 146 g/mol. The lowest BCUT2D eigenvalue weighted by Gasteiger charge is -2.12. The van der Waals surface area contributed by atoms with Crippen molar-refractivity contribution in [3.63, 3.8) is 0 Å². The first-order valence-corrected chi connectivity index (χ1v) is 3.95. The van der Waals surface area contributed by atoms with E-state index in [0.717, 1.165) is 18.4 Å². The zero-order valence-electron chi connectivity index (χ0n) is 6.13. The fourth-order valence-corrected chi connectivity index (χ4v) is 1.33. The average Bonchev–Trinajstić information content (AvgIpc) is 2.77. The van der Waals surface area contributed by atoms with Crippen LogP contribution in [0.3, 0.4) is 0 Å². The molecule has 2 heteroatoms. The molecule has 11 heavy (non-hydrogen) atoms. The number of allylic oxidation sites excluding steroid dienone is 4. The number of alkyl halides is 2. The third-order valence-electron chi connectivity index (χ3n) is 2.18. The van der Waals surface area contributed by atoms with Crippen LogP contribution >= 0.6 is 0 Å². The van der Waals surface area contributed by atoms with Crippen molar-refractivity contribution in [1.29, 1.82) is 0 Å². The maximum atomic E-state index is 12.7. The van der Waals surface area contributed by atoms with Gasteiger partial charge in [-0.1, -0.05) is 6.08 Å². The molecule has 0 aliphatic heterocycles. The Hall–Kier alpha value is -0.660. The summed E-state index contributed by atoms with van der Waals surface area (Å²) >= 11 is 0. The van der Waals surface area contributed by atoms with E-state index in [1.165, 1.54) is 12.2 Å². The Labute approximate surface area is 64.6 Å². The molecule has 0 N–H and O–H groups in total. The van der Waals surface area contributed by atoms with Crippen LogP contribution in [0.1, 0.15) is 12.8 Å². The van der Waals surface area contributed by atoms with Crippen molar-refractivity contribution < 1.29 is 8.78 Å². The molecule has 0 aromatic rings. The molecule has 2 unspecified atom stereocenters. The first kappa shape index (κ1) is 7.01. The van der Waals surface area contributed by atoms with E-state index in [9.17, 15) is 8.78 Å². The van der Waals surface area contributed by atoms with E-state index in [1.54, 1.807) is 6.08 Å². The molecule has 1 fully saturated rings. The largest absolute Gasteiger partial charge is 0.239 e. The molecule has 0 aromatic heterocycles. The summed E-state index contributed by atoms with van der Waals surface area (Å²) in [6, 6.07) is 0. The minimum Gasteiger partial charge on any atom is -0.239 e. The molecule has 0 bridgehead atoms. The Balaban J connectivity index is 2.11. The number of rotatable bonds is 1. The van der Waals surface area contributed by atoms with Gasteiger partial charge in [-0.25, -0.2) is 8.78 Å². The van der Waals surface area contributed by atoms with Gasteiger partial charge < -0.3 is 0 Å². The summed E-state index contributed by atoms with van der Waals surface area (Å²) in [6.07, 6.45) is 3.91. The molecule has 1 saturated carbocycles. The molecular formula is C9H10F2. The van der Waals surface area contributed by atoms with Gasteiger partial charge >= 0.3 is 0 Å². The molecule has 0 spiro atoms. The van der Waals surface area contributed by atoms with Gasteiger partial charge in [0.25, 0.3) is 0 Å². The fourth-order valence-electron chi connectivity index (χ4n) is 1.33. The molecule has 2 atom stereocenters. The second kappa shape index (κ2) is 2.43. The van der Waals surface area contributed by atoms with Crippen molar-refractivity contribution >= 4 is 0 Å². The van der Waals surface area contributed by atoms with Crippen LogP contribution in [-0.2, 0) is 0 Å². The van der Waals surface area contributed by atoms with Gasteiger partial charge in [-0.2, -0.15) is 0 Å². The van der Waals surface area contributed by atoms with Crippen molar-refractivity contribution in [3.05, 3.63) is 23.8 Å². The van der Waals surface area contributed by atoms with Crippen LogP contribution in [0.5, 0.6) is 0 Å². The van der Waals surface area contributed by atoms with Crippen LogP contribution in [0.2, 0.25) is 0 Å². The van der Waals surface area contributed by atoms with Gasteiger partial charge in [0, 0.05) is 0 Å². The third kappa shape index (κ3) is 1.35. The highest BCUT2D eigenvalue weighted by atomic mass is 19.2. The van der Waals surface area contributed by atoms with Crippen LogP contribution < -0.4 is 0 Å². The lowest BCUT2D eigenvalue weighted by molar-refractivity contribution is 0.244. The first-order valence-electron chi connectivity index (χ1n) is 3.95. The van der Waals surface area contributed by atoms with Gasteiger partial charge in [-0.3, -0.25) is 0 Å². The van der Waals surface area contributed by atoms with Crippen LogP contribution in [0, 0.1) is 5.92 Å². The highest BCUT2D eigenvalue weighted by molar-refractivity contribution is 5.31. The van der Waals surface area contributed by atoms with Crippen LogP contribution in [-0.4, -0.2) is 12.3 Å². The molecule has 60 valence electrons.